The van der Waals surface area contributed by atoms with E-state index in [0.29, 0.717) is 12.2 Å². The van der Waals surface area contributed by atoms with E-state index in [2.05, 4.69) is 0 Å². The molecule has 15 heavy (non-hydrogen) atoms. The Morgan fingerprint density at radius 2 is 1.93 bits per heavy atom. The van der Waals surface area contributed by atoms with E-state index >= 15 is 0 Å². The molecule has 4 nitrogen and oxygen atoms in total. The third-order valence-electron chi connectivity index (χ3n) is 2.09. The zero-order valence-electron chi connectivity index (χ0n) is 9.16. The molecule has 82 valence electrons. The molecule has 0 atom stereocenters. The standard InChI is InChI=1S/C11H15NO3/c1-13-9-5-4-8(6-11(12)15-3)10(7-9)14-2/h4-5,7,12H,6H2,1-3H3. The first kappa shape index (κ1) is 11.4. The Bertz CT molecular complexity index is 350. The summed E-state index contributed by atoms with van der Waals surface area (Å²) >= 11 is 0. The minimum absolute atomic E-state index is 0.207. The number of hydrogen-bond donors (Lipinski definition) is 1. The third-order valence-corrected chi connectivity index (χ3v) is 2.09. The Labute approximate surface area is 89.3 Å². The first-order valence-electron chi connectivity index (χ1n) is 4.53. The molecular weight excluding hydrogens is 194 g/mol. The van der Waals surface area contributed by atoms with Crippen LogP contribution in [0, 0.1) is 5.41 Å². The lowest BCUT2D eigenvalue weighted by molar-refractivity contribution is 0.381. The van der Waals surface area contributed by atoms with Gasteiger partial charge in [0.15, 0.2) is 5.90 Å². The molecule has 0 unspecified atom stereocenters. The highest BCUT2D eigenvalue weighted by molar-refractivity contribution is 5.76. The molecule has 4 heteroatoms. The molecule has 1 N–H and O–H groups in total. The van der Waals surface area contributed by atoms with E-state index in [4.69, 9.17) is 19.6 Å². The van der Waals surface area contributed by atoms with Gasteiger partial charge in [-0.05, 0) is 6.07 Å². The van der Waals surface area contributed by atoms with Gasteiger partial charge in [-0.15, -0.1) is 0 Å². The first-order valence-corrected chi connectivity index (χ1v) is 4.53. The Kier molecular flexibility index (Phi) is 3.97. The molecule has 0 aromatic heterocycles. The summed E-state index contributed by atoms with van der Waals surface area (Å²) in [4.78, 5) is 0. The van der Waals surface area contributed by atoms with Gasteiger partial charge in [-0.1, -0.05) is 6.07 Å². The number of nitrogens with one attached hydrogen (secondary N) is 1. The summed E-state index contributed by atoms with van der Waals surface area (Å²) in [6, 6.07) is 5.49. The lowest BCUT2D eigenvalue weighted by Crippen LogP contribution is -2.05. The smallest absolute Gasteiger partial charge is 0.184 e. The van der Waals surface area contributed by atoms with E-state index in [1.807, 2.05) is 12.1 Å². The Morgan fingerprint density at radius 1 is 1.20 bits per heavy atom. The molecule has 0 heterocycles. The summed E-state index contributed by atoms with van der Waals surface area (Å²) in [6.07, 6.45) is 0.420. The first-order chi connectivity index (χ1) is 7.21. The highest BCUT2D eigenvalue weighted by Crippen LogP contribution is 2.24. The average Bonchev–Trinajstić information content (AvgIpc) is 2.29. The maximum absolute atomic E-state index is 7.44. The van der Waals surface area contributed by atoms with Gasteiger partial charge in [0.25, 0.3) is 0 Å². The van der Waals surface area contributed by atoms with Crippen LogP contribution < -0.4 is 9.47 Å². The van der Waals surface area contributed by atoms with Crippen LogP contribution in [0.2, 0.25) is 0 Å². The van der Waals surface area contributed by atoms with Crippen LogP contribution in [0.4, 0.5) is 0 Å². The predicted octanol–water partition coefficient (Wildman–Crippen LogP) is 1.87. The Hall–Kier alpha value is -1.71. The monoisotopic (exact) mass is 209 g/mol. The van der Waals surface area contributed by atoms with Crippen LogP contribution in [0.3, 0.4) is 0 Å². The minimum Gasteiger partial charge on any atom is -0.497 e. The van der Waals surface area contributed by atoms with E-state index in [1.165, 1.54) is 7.11 Å². The van der Waals surface area contributed by atoms with E-state index in [9.17, 15) is 0 Å². The fourth-order valence-corrected chi connectivity index (χ4v) is 1.24. The van der Waals surface area contributed by atoms with E-state index in [0.717, 1.165) is 11.3 Å². The quantitative estimate of drug-likeness (QED) is 0.608. The number of hydrogen-bond acceptors (Lipinski definition) is 4. The van der Waals surface area contributed by atoms with Gasteiger partial charge in [0.1, 0.15) is 11.5 Å². The maximum atomic E-state index is 7.44. The second-order valence-electron chi connectivity index (χ2n) is 2.98. The molecule has 0 aliphatic rings. The summed E-state index contributed by atoms with van der Waals surface area (Å²) < 4.78 is 15.1. The van der Waals surface area contributed by atoms with Gasteiger partial charge in [-0.25, -0.2) is 0 Å². The van der Waals surface area contributed by atoms with Gasteiger partial charge in [-0.2, -0.15) is 0 Å². The van der Waals surface area contributed by atoms with Crippen molar-refractivity contribution < 1.29 is 14.2 Å². The summed E-state index contributed by atoms with van der Waals surface area (Å²) in [6.45, 7) is 0. The van der Waals surface area contributed by atoms with E-state index in [-0.39, 0.29) is 5.90 Å². The summed E-state index contributed by atoms with van der Waals surface area (Å²) in [5.74, 6) is 1.65. The van der Waals surface area contributed by atoms with Crippen LogP contribution >= 0.6 is 0 Å². The molecule has 0 saturated heterocycles. The van der Waals surface area contributed by atoms with Crippen molar-refractivity contribution >= 4 is 5.90 Å². The van der Waals surface area contributed by atoms with Crippen molar-refractivity contribution in [2.75, 3.05) is 21.3 Å². The van der Waals surface area contributed by atoms with Gasteiger partial charge in [0.2, 0.25) is 0 Å². The van der Waals surface area contributed by atoms with Crippen molar-refractivity contribution in [3.63, 3.8) is 0 Å². The highest BCUT2D eigenvalue weighted by Gasteiger charge is 2.07. The lowest BCUT2D eigenvalue weighted by Gasteiger charge is -2.10. The molecule has 1 rings (SSSR count). The molecule has 0 bridgehead atoms. The fourth-order valence-electron chi connectivity index (χ4n) is 1.24. The lowest BCUT2D eigenvalue weighted by atomic mass is 10.1. The van der Waals surface area contributed by atoms with Gasteiger partial charge in [0, 0.05) is 11.6 Å². The van der Waals surface area contributed by atoms with Crippen molar-refractivity contribution in [2.24, 2.45) is 0 Å². The predicted molar refractivity (Wildman–Crippen MR) is 58.0 cm³/mol. The van der Waals surface area contributed by atoms with Crippen LogP contribution in [0.5, 0.6) is 11.5 Å². The number of rotatable bonds is 4. The van der Waals surface area contributed by atoms with Crippen molar-refractivity contribution in [1.82, 2.24) is 0 Å². The summed E-state index contributed by atoms with van der Waals surface area (Å²) in [7, 11) is 4.68. The molecular formula is C11H15NO3. The van der Waals surface area contributed by atoms with Gasteiger partial charge in [-0.3, -0.25) is 5.41 Å². The van der Waals surface area contributed by atoms with Crippen LogP contribution in [-0.2, 0) is 11.2 Å². The van der Waals surface area contributed by atoms with Gasteiger partial charge < -0.3 is 14.2 Å². The second-order valence-corrected chi connectivity index (χ2v) is 2.98. The molecule has 0 amide bonds. The van der Waals surface area contributed by atoms with Crippen LogP contribution in [0.15, 0.2) is 18.2 Å². The average molecular weight is 209 g/mol. The maximum Gasteiger partial charge on any atom is 0.184 e. The van der Waals surface area contributed by atoms with Crippen molar-refractivity contribution in [3.05, 3.63) is 23.8 Å². The molecule has 1 aromatic rings. The zero-order chi connectivity index (χ0) is 11.3. The van der Waals surface area contributed by atoms with Gasteiger partial charge in [0.05, 0.1) is 27.8 Å². The normalized spacial score (nSPS) is 9.53. The molecule has 1 aromatic carbocycles. The molecule has 0 aliphatic carbocycles. The fraction of sp³-hybridized carbons (Fsp3) is 0.364. The molecule has 0 aliphatic heterocycles. The van der Waals surface area contributed by atoms with Gasteiger partial charge >= 0.3 is 0 Å². The topological polar surface area (TPSA) is 51.5 Å². The molecule has 0 fully saturated rings. The largest absolute Gasteiger partial charge is 0.497 e. The van der Waals surface area contributed by atoms with Crippen molar-refractivity contribution in [1.29, 1.82) is 5.41 Å². The minimum atomic E-state index is 0.207. The zero-order valence-corrected chi connectivity index (χ0v) is 9.16. The Balaban J connectivity index is 2.92. The highest BCUT2D eigenvalue weighted by atomic mass is 16.5. The Morgan fingerprint density at radius 3 is 2.47 bits per heavy atom. The van der Waals surface area contributed by atoms with Crippen molar-refractivity contribution in [2.45, 2.75) is 6.42 Å². The molecule has 0 saturated carbocycles. The van der Waals surface area contributed by atoms with Crippen LogP contribution in [-0.4, -0.2) is 27.2 Å². The van der Waals surface area contributed by atoms with E-state index < -0.39 is 0 Å². The van der Waals surface area contributed by atoms with Crippen LogP contribution in [0.25, 0.3) is 0 Å². The summed E-state index contributed by atoms with van der Waals surface area (Å²) in [5.41, 5.74) is 0.908. The van der Waals surface area contributed by atoms with Crippen molar-refractivity contribution in [3.8, 4) is 11.5 Å². The SMILES string of the molecule is COC(=N)Cc1ccc(OC)cc1OC. The van der Waals surface area contributed by atoms with Crippen LogP contribution in [0.1, 0.15) is 5.56 Å². The molecule has 0 spiro atoms. The number of methoxy groups -OCH3 is 3. The second kappa shape index (κ2) is 5.24. The number of benzene rings is 1. The van der Waals surface area contributed by atoms with E-state index in [1.54, 1.807) is 20.3 Å². The third kappa shape index (κ3) is 2.87. The molecule has 0 radical (unpaired) electrons. The summed E-state index contributed by atoms with van der Waals surface area (Å²) in [5, 5.41) is 7.44. The number of ether oxygens (including phenoxy) is 3.